The number of carbonyl (C=O) groups is 1. The lowest BCUT2D eigenvalue weighted by atomic mass is 9.72. The molecule has 1 unspecified atom stereocenters. The molecule has 1 N–H and O–H groups in total. The van der Waals surface area contributed by atoms with E-state index in [1.54, 1.807) is 0 Å². The fourth-order valence-electron chi connectivity index (χ4n) is 4.15. The van der Waals surface area contributed by atoms with Crippen molar-refractivity contribution in [3.05, 3.63) is 108 Å². The summed E-state index contributed by atoms with van der Waals surface area (Å²) in [6, 6.07) is 28.8. The van der Waals surface area contributed by atoms with Gasteiger partial charge in [-0.15, -0.1) is 0 Å². The van der Waals surface area contributed by atoms with Crippen LogP contribution in [0.3, 0.4) is 0 Å². The summed E-state index contributed by atoms with van der Waals surface area (Å²) < 4.78 is 0. The molecule has 0 saturated carbocycles. The van der Waals surface area contributed by atoms with Crippen LogP contribution < -0.4 is 0 Å². The van der Waals surface area contributed by atoms with E-state index in [0.717, 1.165) is 18.4 Å². The summed E-state index contributed by atoms with van der Waals surface area (Å²) >= 11 is 0. The van der Waals surface area contributed by atoms with Crippen molar-refractivity contribution in [2.75, 3.05) is 13.1 Å². The van der Waals surface area contributed by atoms with Gasteiger partial charge in [-0.05, 0) is 29.5 Å². The Kier molecular flexibility index (Phi) is 7.42. The number of hydrogen-bond donors (Lipinski definition) is 1. The second-order valence-electron chi connectivity index (χ2n) is 7.67. The van der Waals surface area contributed by atoms with Crippen LogP contribution in [0.15, 0.2) is 91.0 Å². The normalized spacial score (nSPS) is 12.4. The highest BCUT2D eigenvalue weighted by atomic mass is 16.3. The summed E-state index contributed by atoms with van der Waals surface area (Å²) in [6.07, 6.45) is 1.75. The Balaban J connectivity index is 2.24. The first-order valence-electron chi connectivity index (χ1n) is 10.8. The highest BCUT2D eigenvalue weighted by Crippen LogP contribution is 2.43. The van der Waals surface area contributed by atoms with Crippen LogP contribution in [-0.2, 0) is 10.4 Å². The lowest BCUT2D eigenvalue weighted by Gasteiger charge is -2.39. The van der Waals surface area contributed by atoms with Crippen molar-refractivity contribution >= 4 is 5.91 Å². The Morgan fingerprint density at radius 3 is 1.57 bits per heavy atom. The number of benzene rings is 3. The molecule has 0 aliphatic heterocycles. The van der Waals surface area contributed by atoms with Gasteiger partial charge >= 0.3 is 0 Å². The van der Waals surface area contributed by atoms with Crippen molar-refractivity contribution in [1.82, 2.24) is 4.90 Å². The maximum absolute atomic E-state index is 14.0. The van der Waals surface area contributed by atoms with Gasteiger partial charge in [-0.2, -0.15) is 0 Å². The number of hydrogen-bond acceptors (Lipinski definition) is 2. The zero-order valence-electron chi connectivity index (χ0n) is 17.9. The Labute approximate surface area is 180 Å². The fraction of sp³-hybridized carbons (Fsp3) is 0.296. The van der Waals surface area contributed by atoms with Gasteiger partial charge in [-0.3, -0.25) is 4.79 Å². The first-order valence-corrected chi connectivity index (χ1v) is 10.8. The summed E-state index contributed by atoms with van der Waals surface area (Å²) in [6.45, 7) is 5.51. The van der Waals surface area contributed by atoms with Crippen molar-refractivity contribution < 1.29 is 9.90 Å². The maximum atomic E-state index is 14.0. The monoisotopic (exact) mass is 401 g/mol. The second-order valence-corrected chi connectivity index (χ2v) is 7.67. The average Bonchev–Trinajstić information content (AvgIpc) is 2.80. The summed E-state index contributed by atoms with van der Waals surface area (Å²) in [4.78, 5) is 15.9. The van der Waals surface area contributed by atoms with Gasteiger partial charge in [0.25, 0.3) is 0 Å². The SMILES string of the molecule is CCCN(CCC)C(=O)C(c1ccccc1)C(O)(c1ccccc1)c1ccccc1. The fourth-order valence-corrected chi connectivity index (χ4v) is 4.15. The molecule has 0 spiro atoms. The molecule has 3 aromatic rings. The van der Waals surface area contributed by atoms with Gasteiger partial charge in [0.15, 0.2) is 0 Å². The maximum Gasteiger partial charge on any atom is 0.233 e. The average molecular weight is 402 g/mol. The predicted molar refractivity (Wildman–Crippen MR) is 122 cm³/mol. The minimum Gasteiger partial charge on any atom is -0.379 e. The quantitative estimate of drug-likeness (QED) is 0.525. The van der Waals surface area contributed by atoms with E-state index in [1.807, 2.05) is 95.9 Å². The molecule has 0 saturated heterocycles. The van der Waals surface area contributed by atoms with Crippen molar-refractivity contribution in [3.8, 4) is 0 Å². The molecule has 3 heteroatoms. The molecule has 0 radical (unpaired) electrons. The number of nitrogens with zero attached hydrogens (tertiary/aromatic N) is 1. The summed E-state index contributed by atoms with van der Waals surface area (Å²) in [5.41, 5.74) is 0.758. The van der Waals surface area contributed by atoms with Gasteiger partial charge in [-0.1, -0.05) is 105 Å². The van der Waals surface area contributed by atoms with Crippen LogP contribution in [0.5, 0.6) is 0 Å². The minimum absolute atomic E-state index is 0.0416. The Hall–Kier alpha value is -2.91. The van der Waals surface area contributed by atoms with E-state index in [-0.39, 0.29) is 5.91 Å². The molecule has 3 nitrogen and oxygen atoms in total. The first kappa shape index (κ1) is 21.8. The number of rotatable bonds is 9. The Morgan fingerprint density at radius 2 is 1.17 bits per heavy atom. The third-order valence-corrected chi connectivity index (χ3v) is 5.52. The molecule has 0 heterocycles. The van der Waals surface area contributed by atoms with Gasteiger partial charge in [0, 0.05) is 13.1 Å². The minimum atomic E-state index is -1.49. The van der Waals surface area contributed by atoms with Crippen LogP contribution in [0.1, 0.15) is 49.3 Å². The zero-order valence-corrected chi connectivity index (χ0v) is 17.9. The third kappa shape index (κ3) is 4.47. The summed E-state index contributed by atoms with van der Waals surface area (Å²) in [5.74, 6) is -0.790. The smallest absolute Gasteiger partial charge is 0.233 e. The predicted octanol–water partition coefficient (Wildman–Crippen LogP) is 5.35. The molecular weight excluding hydrogens is 370 g/mol. The van der Waals surface area contributed by atoms with Crippen LogP contribution in [-0.4, -0.2) is 29.0 Å². The van der Waals surface area contributed by atoms with Crippen LogP contribution in [0.2, 0.25) is 0 Å². The lowest BCUT2D eigenvalue weighted by molar-refractivity contribution is -0.138. The van der Waals surface area contributed by atoms with E-state index in [4.69, 9.17) is 0 Å². The van der Waals surface area contributed by atoms with E-state index < -0.39 is 11.5 Å². The van der Waals surface area contributed by atoms with Crippen LogP contribution in [0.25, 0.3) is 0 Å². The number of amides is 1. The van der Waals surface area contributed by atoms with E-state index in [1.165, 1.54) is 0 Å². The largest absolute Gasteiger partial charge is 0.379 e. The number of carbonyl (C=O) groups excluding carboxylic acids is 1. The molecule has 0 bridgehead atoms. The van der Waals surface area contributed by atoms with Crippen LogP contribution in [0.4, 0.5) is 0 Å². The van der Waals surface area contributed by atoms with Crippen molar-refractivity contribution in [2.45, 2.75) is 38.2 Å². The highest BCUT2D eigenvalue weighted by molar-refractivity contribution is 5.86. The molecule has 30 heavy (non-hydrogen) atoms. The summed E-state index contributed by atoms with van der Waals surface area (Å²) in [7, 11) is 0. The molecule has 0 aromatic heterocycles. The van der Waals surface area contributed by atoms with E-state index in [9.17, 15) is 9.90 Å². The van der Waals surface area contributed by atoms with Crippen LogP contribution >= 0.6 is 0 Å². The summed E-state index contributed by atoms with van der Waals surface area (Å²) in [5, 5.41) is 12.4. The van der Waals surface area contributed by atoms with E-state index in [2.05, 4.69) is 13.8 Å². The number of aliphatic hydroxyl groups is 1. The van der Waals surface area contributed by atoms with Gasteiger partial charge in [-0.25, -0.2) is 0 Å². The Bertz CT molecular complexity index is 864. The van der Waals surface area contributed by atoms with Gasteiger partial charge in [0.2, 0.25) is 5.91 Å². The topological polar surface area (TPSA) is 40.5 Å². The van der Waals surface area contributed by atoms with Gasteiger partial charge in [0.05, 0.1) is 0 Å². The first-order chi connectivity index (χ1) is 14.6. The lowest BCUT2D eigenvalue weighted by Crippen LogP contribution is -2.46. The van der Waals surface area contributed by atoms with Gasteiger partial charge < -0.3 is 10.0 Å². The molecule has 0 aliphatic carbocycles. The highest BCUT2D eigenvalue weighted by Gasteiger charge is 2.46. The molecule has 3 aromatic carbocycles. The van der Waals surface area contributed by atoms with Crippen molar-refractivity contribution in [3.63, 3.8) is 0 Å². The second kappa shape index (κ2) is 10.2. The zero-order chi connectivity index (χ0) is 21.4. The molecular formula is C27H31NO2. The standard InChI is InChI=1S/C27H31NO2/c1-3-20-28(21-4-2)26(29)25(22-14-8-5-9-15-22)27(30,23-16-10-6-11-17-23)24-18-12-7-13-19-24/h5-19,25,30H,3-4,20-21H2,1-2H3. The third-order valence-electron chi connectivity index (χ3n) is 5.52. The Morgan fingerprint density at radius 1 is 0.767 bits per heavy atom. The van der Waals surface area contributed by atoms with Crippen molar-refractivity contribution in [1.29, 1.82) is 0 Å². The molecule has 0 fully saturated rings. The molecule has 0 aliphatic rings. The van der Waals surface area contributed by atoms with Crippen molar-refractivity contribution in [2.24, 2.45) is 0 Å². The molecule has 3 rings (SSSR count). The van der Waals surface area contributed by atoms with E-state index in [0.29, 0.717) is 24.2 Å². The molecule has 1 atom stereocenters. The van der Waals surface area contributed by atoms with E-state index >= 15 is 0 Å². The van der Waals surface area contributed by atoms with Gasteiger partial charge in [0.1, 0.15) is 11.5 Å². The molecule has 1 amide bonds. The molecule has 156 valence electrons. The van der Waals surface area contributed by atoms with Crippen LogP contribution in [0, 0.1) is 0 Å².